The number of hydrogen-bond donors (Lipinski definition) is 2. The monoisotopic (exact) mass is 213 g/mol. The molecule has 0 amide bonds. The van der Waals surface area contributed by atoms with Crippen molar-refractivity contribution in [3.05, 3.63) is 22.4 Å². The van der Waals surface area contributed by atoms with Gasteiger partial charge < -0.3 is 16.4 Å². The van der Waals surface area contributed by atoms with E-state index in [1.165, 1.54) is 4.88 Å². The standard InChI is InChI=1S/C10H19N3S/c11-4-7-13(8-5-12)6-3-10-2-1-9-14-10/h1-2,9H,3-8,11-12H2. The van der Waals surface area contributed by atoms with Crippen molar-refractivity contribution >= 4 is 11.3 Å². The summed E-state index contributed by atoms with van der Waals surface area (Å²) >= 11 is 1.81. The van der Waals surface area contributed by atoms with Gasteiger partial charge in [-0.2, -0.15) is 0 Å². The van der Waals surface area contributed by atoms with E-state index in [0.29, 0.717) is 13.1 Å². The lowest BCUT2D eigenvalue weighted by Gasteiger charge is -2.19. The van der Waals surface area contributed by atoms with Crippen molar-refractivity contribution in [1.82, 2.24) is 4.90 Å². The van der Waals surface area contributed by atoms with Crippen LogP contribution in [0, 0.1) is 0 Å². The minimum absolute atomic E-state index is 0.713. The average Bonchev–Trinajstić information content (AvgIpc) is 2.67. The molecule has 0 saturated heterocycles. The third-order valence-corrected chi connectivity index (χ3v) is 3.08. The van der Waals surface area contributed by atoms with Crippen LogP contribution >= 0.6 is 11.3 Å². The van der Waals surface area contributed by atoms with E-state index in [0.717, 1.165) is 26.1 Å². The van der Waals surface area contributed by atoms with E-state index in [1.807, 2.05) is 11.3 Å². The molecule has 0 spiro atoms. The summed E-state index contributed by atoms with van der Waals surface area (Å²) in [7, 11) is 0. The molecule has 0 unspecified atom stereocenters. The summed E-state index contributed by atoms with van der Waals surface area (Å²) in [5.41, 5.74) is 11.1. The van der Waals surface area contributed by atoms with E-state index in [2.05, 4.69) is 22.4 Å². The van der Waals surface area contributed by atoms with Crippen LogP contribution in [0.1, 0.15) is 4.88 Å². The van der Waals surface area contributed by atoms with Gasteiger partial charge in [-0.15, -0.1) is 11.3 Å². The molecule has 1 aromatic heterocycles. The second-order valence-electron chi connectivity index (χ2n) is 3.25. The molecule has 0 aromatic carbocycles. The number of nitrogens with two attached hydrogens (primary N) is 2. The zero-order valence-corrected chi connectivity index (χ0v) is 9.30. The van der Waals surface area contributed by atoms with Crippen molar-refractivity contribution in [1.29, 1.82) is 0 Å². The largest absolute Gasteiger partial charge is 0.329 e. The summed E-state index contributed by atoms with van der Waals surface area (Å²) in [6, 6.07) is 4.27. The van der Waals surface area contributed by atoms with Crippen LogP contribution in [0.4, 0.5) is 0 Å². The Balaban J connectivity index is 2.25. The van der Waals surface area contributed by atoms with Gasteiger partial charge in [0.05, 0.1) is 0 Å². The van der Waals surface area contributed by atoms with E-state index in [4.69, 9.17) is 11.5 Å². The number of hydrogen-bond acceptors (Lipinski definition) is 4. The first-order valence-corrected chi connectivity index (χ1v) is 5.89. The van der Waals surface area contributed by atoms with Crippen molar-refractivity contribution < 1.29 is 0 Å². The van der Waals surface area contributed by atoms with Gasteiger partial charge in [-0.3, -0.25) is 0 Å². The molecule has 4 N–H and O–H groups in total. The maximum absolute atomic E-state index is 5.53. The molecule has 0 radical (unpaired) electrons. The van der Waals surface area contributed by atoms with Crippen LogP contribution in [0.3, 0.4) is 0 Å². The van der Waals surface area contributed by atoms with Crippen LogP contribution in [0.5, 0.6) is 0 Å². The summed E-state index contributed by atoms with van der Waals surface area (Å²) in [5, 5.41) is 2.12. The molecule has 0 bridgehead atoms. The molecule has 0 fully saturated rings. The molecule has 14 heavy (non-hydrogen) atoms. The minimum Gasteiger partial charge on any atom is -0.329 e. The highest BCUT2D eigenvalue weighted by atomic mass is 32.1. The van der Waals surface area contributed by atoms with Crippen LogP contribution < -0.4 is 11.5 Å². The highest BCUT2D eigenvalue weighted by Crippen LogP contribution is 2.09. The Labute approximate surface area is 89.7 Å². The van der Waals surface area contributed by atoms with Gasteiger partial charge >= 0.3 is 0 Å². The molecule has 0 aliphatic rings. The fourth-order valence-corrected chi connectivity index (χ4v) is 2.12. The zero-order chi connectivity index (χ0) is 10.2. The number of rotatable bonds is 7. The summed E-state index contributed by atoms with van der Waals surface area (Å²) in [5.74, 6) is 0. The minimum atomic E-state index is 0.713. The molecular weight excluding hydrogens is 194 g/mol. The first-order valence-electron chi connectivity index (χ1n) is 5.01. The smallest absolute Gasteiger partial charge is 0.0105 e. The van der Waals surface area contributed by atoms with Crippen LogP contribution in [-0.2, 0) is 6.42 Å². The zero-order valence-electron chi connectivity index (χ0n) is 8.48. The predicted molar refractivity (Wildman–Crippen MR) is 62.6 cm³/mol. The van der Waals surface area contributed by atoms with E-state index < -0.39 is 0 Å². The second-order valence-corrected chi connectivity index (χ2v) is 4.28. The molecule has 80 valence electrons. The van der Waals surface area contributed by atoms with E-state index in [-0.39, 0.29) is 0 Å². The highest BCUT2D eigenvalue weighted by molar-refractivity contribution is 7.09. The molecule has 0 aliphatic heterocycles. The van der Waals surface area contributed by atoms with Gasteiger partial charge in [-0.05, 0) is 17.9 Å². The van der Waals surface area contributed by atoms with Gasteiger partial charge in [0.25, 0.3) is 0 Å². The first kappa shape index (κ1) is 11.7. The van der Waals surface area contributed by atoms with Gasteiger partial charge in [0, 0.05) is 37.6 Å². The van der Waals surface area contributed by atoms with Crippen LogP contribution in [0.2, 0.25) is 0 Å². The molecule has 1 rings (SSSR count). The second kappa shape index (κ2) is 6.95. The van der Waals surface area contributed by atoms with Gasteiger partial charge in [0.15, 0.2) is 0 Å². The summed E-state index contributed by atoms with van der Waals surface area (Å²) < 4.78 is 0. The van der Waals surface area contributed by atoms with E-state index in [1.54, 1.807) is 0 Å². The fraction of sp³-hybridized carbons (Fsp3) is 0.600. The predicted octanol–water partition coefficient (Wildman–Crippen LogP) is 0.510. The van der Waals surface area contributed by atoms with Crippen molar-refractivity contribution in [2.45, 2.75) is 6.42 Å². The highest BCUT2D eigenvalue weighted by Gasteiger charge is 2.03. The topological polar surface area (TPSA) is 55.3 Å². The van der Waals surface area contributed by atoms with Crippen molar-refractivity contribution in [2.24, 2.45) is 11.5 Å². The fourth-order valence-electron chi connectivity index (χ4n) is 1.42. The Bertz CT molecular complexity index is 217. The third kappa shape index (κ3) is 4.19. The van der Waals surface area contributed by atoms with Crippen LogP contribution in [0.15, 0.2) is 17.5 Å². The van der Waals surface area contributed by atoms with E-state index in [9.17, 15) is 0 Å². The van der Waals surface area contributed by atoms with Crippen molar-refractivity contribution in [2.75, 3.05) is 32.7 Å². The average molecular weight is 213 g/mol. The van der Waals surface area contributed by atoms with E-state index >= 15 is 0 Å². The van der Waals surface area contributed by atoms with Crippen LogP contribution in [-0.4, -0.2) is 37.6 Å². The first-order chi connectivity index (χ1) is 6.86. The normalized spacial score (nSPS) is 11.1. The molecule has 1 heterocycles. The molecule has 0 atom stereocenters. The van der Waals surface area contributed by atoms with Crippen LogP contribution in [0.25, 0.3) is 0 Å². The molecular formula is C10H19N3S. The Morgan fingerprint density at radius 1 is 1.14 bits per heavy atom. The maximum atomic E-state index is 5.53. The van der Waals surface area contributed by atoms with Gasteiger partial charge in [0.2, 0.25) is 0 Å². The Hall–Kier alpha value is -0.420. The SMILES string of the molecule is NCCN(CCN)CCc1cccs1. The van der Waals surface area contributed by atoms with Crippen molar-refractivity contribution in [3.63, 3.8) is 0 Å². The summed E-state index contributed by atoms with van der Waals surface area (Å²) in [6.45, 7) is 4.38. The number of nitrogens with zero attached hydrogens (tertiary/aromatic N) is 1. The molecule has 1 aromatic rings. The third-order valence-electron chi connectivity index (χ3n) is 2.15. The maximum Gasteiger partial charge on any atom is 0.0105 e. The quantitative estimate of drug-likeness (QED) is 0.694. The lowest BCUT2D eigenvalue weighted by Crippen LogP contribution is -2.35. The molecule has 0 saturated carbocycles. The summed E-state index contributed by atoms with van der Waals surface area (Å²) in [6.07, 6.45) is 1.11. The molecule has 0 aliphatic carbocycles. The molecule has 3 nitrogen and oxygen atoms in total. The lowest BCUT2D eigenvalue weighted by molar-refractivity contribution is 0.293. The molecule has 4 heteroatoms. The van der Waals surface area contributed by atoms with Gasteiger partial charge in [-0.1, -0.05) is 6.07 Å². The van der Waals surface area contributed by atoms with Gasteiger partial charge in [0.1, 0.15) is 0 Å². The van der Waals surface area contributed by atoms with Crippen molar-refractivity contribution in [3.8, 4) is 0 Å². The lowest BCUT2D eigenvalue weighted by atomic mass is 10.3. The Morgan fingerprint density at radius 3 is 2.36 bits per heavy atom. The summed E-state index contributed by atoms with van der Waals surface area (Å²) in [4.78, 5) is 3.75. The van der Waals surface area contributed by atoms with Gasteiger partial charge in [-0.25, -0.2) is 0 Å². The Morgan fingerprint density at radius 2 is 1.86 bits per heavy atom. The Kier molecular flexibility index (Phi) is 5.78. The number of thiophene rings is 1.